The highest BCUT2D eigenvalue weighted by atomic mass is 28.4. The smallest absolute Gasteiger partial charge is 0.337 e. The maximum Gasteiger partial charge on any atom is 0.337 e. The van der Waals surface area contributed by atoms with E-state index in [9.17, 15) is 9.59 Å². The van der Waals surface area contributed by atoms with Crippen LogP contribution in [0.2, 0.25) is 11.6 Å². The molecule has 5 heteroatoms. The van der Waals surface area contributed by atoms with Crippen molar-refractivity contribution in [2.24, 2.45) is 11.5 Å². The van der Waals surface area contributed by atoms with Crippen LogP contribution in [0.3, 0.4) is 0 Å². The van der Waals surface area contributed by atoms with E-state index < -0.39 is 8.56 Å². The van der Waals surface area contributed by atoms with E-state index in [1.54, 1.807) is 0 Å². The topological polar surface area (TPSA) is 92.5 Å². The highest BCUT2D eigenvalue weighted by Crippen LogP contribution is 2.43. The molecule has 6 N–H and O–H groups in total. The van der Waals surface area contributed by atoms with Gasteiger partial charge in [0.1, 0.15) is 0 Å². The highest BCUT2D eigenvalue weighted by Gasteiger charge is 2.52. The lowest BCUT2D eigenvalue weighted by atomic mass is 10.5. The quantitative estimate of drug-likeness (QED) is 0.408. The molecule has 1 aliphatic carbocycles. The second-order valence-corrected chi connectivity index (χ2v) is 6.28. The van der Waals surface area contributed by atoms with Crippen LogP contribution >= 0.6 is 0 Å². The van der Waals surface area contributed by atoms with Crippen LogP contribution in [0, 0.1) is 0 Å². The lowest BCUT2D eigenvalue weighted by molar-refractivity contribution is 0.352. The van der Waals surface area contributed by atoms with E-state index in [2.05, 4.69) is 0 Å². The Morgan fingerprint density at radius 3 is 2.36 bits per heavy atom. The molecule has 0 radical (unpaired) electrons. The summed E-state index contributed by atoms with van der Waals surface area (Å²) < 4.78 is 0. The van der Waals surface area contributed by atoms with Crippen molar-refractivity contribution in [3.63, 3.8) is 0 Å². The van der Waals surface area contributed by atoms with E-state index in [1.165, 1.54) is 0 Å². The van der Waals surface area contributed by atoms with Crippen molar-refractivity contribution in [1.82, 2.24) is 0 Å². The lowest BCUT2D eigenvalue weighted by Gasteiger charge is -2.16. The third-order valence-corrected chi connectivity index (χ3v) is 5.12. The van der Waals surface area contributed by atoms with E-state index in [1.807, 2.05) is 0 Å². The van der Waals surface area contributed by atoms with E-state index in [0.29, 0.717) is 19.0 Å². The fraction of sp³-hybridized carbons (Fsp3) is 1.00. The van der Waals surface area contributed by atoms with Crippen molar-refractivity contribution in [2.75, 3.05) is 6.54 Å². The zero-order valence-corrected chi connectivity index (χ0v) is 7.53. The van der Waals surface area contributed by atoms with Crippen molar-refractivity contribution in [3.05, 3.63) is 0 Å². The summed E-state index contributed by atoms with van der Waals surface area (Å²) in [5.74, 6) is 0. The minimum Gasteiger partial charge on any atom is -0.410 e. The van der Waals surface area contributed by atoms with Gasteiger partial charge >= 0.3 is 8.56 Å². The molecule has 0 aliphatic heterocycles. The predicted octanol–water partition coefficient (Wildman–Crippen LogP) is -1.14. The van der Waals surface area contributed by atoms with Gasteiger partial charge in [-0.2, -0.15) is 0 Å². The summed E-state index contributed by atoms with van der Waals surface area (Å²) in [7, 11) is -2.96. The van der Waals surface area contributed by atoms with Crippen LogP contribution in [-0.4, -0.2) is 30.7 Å². The van der Waals surface area contributed by atoms with Gasteiger partial charge in [-0.25, -0.2) is 0 Å². The molecule has 1 saturated carbocycles. The van der Waals surface area contributed by atoms with Crippen molar-refractivity contribution >= 4 is 8.56 Å². The first kappa shape index (κ1) is 9.15. The minimum absolute atomic E-state index is 0.00838. The molecule has 0 amide bonds. The van der Waals surface area contributed by atoms with Crippen molar-refractivity contribution in [2.45, 2.75) is 30.5 Å². The van der Waals surface area contributed by atoms with Crippen LogP contribution < -0.4 is 11.5 Å². The zero-order chi connectivity index (χ0) is 8.48. The molecule has 66 valence electrons. The van der Waals surface area contributed by atoms with Crippen LogP contribution in [0.15, 0.2) is 0 Å². The van der Waals surface area contributed by atoms with Crippen LogP contribution in [0.1, 0.15) is 12.8 Å². The summed E-state index contributed by atoms with van der Waals surface area (Å²) in [6.45, 7) is 0.526. The molecule has 11 heavy (non-hydrogen) atoms. The van der Waals surface area contributed by atoms with Crippen LogP contribution in [0.25, 0.3) is 0 Å². The van der Waals surface area contributed by atoms with Gasteiger partial charge in [-0.3, -0.25) is 0 Å². The molecule has 0 heterocycles. The average molecular weight is 176 g/mol. The fourth-order valence-corrected chi connectivity index (χ4v) is 3.72. The number of nitrogens with two attached hydrogens (primary N) is 2. The number of hydrogen-bond donors (Lipinski definition) is 4. The maximum absolute atomic E-state index is 9.51. The molecule has 4 nitrogen and oxygen atoms in total. The van der Waals surface area contributed by atoms with E-state index in [0.717, 1.165) is 6.42 Å². The Labute approximate surface area is 67.5 Å². The molecule has 1 rings (SSSR count). The van der Waals surface area contributed by atoms with Gasteiger partial charge < -0.3 is 21.1 Å². The maximum atomic E-state index is 9.51. The van der Waals surface area contributed by atoms with Gasteiger partial charge in [0.25, 0.3) is 0 Å². The first-order chi connectivity index (χ1) is 5.08. The summed E-state index contributed by atoms with van der Waals surface area (Å²) in [6.07, 6.45) is 1.48. The zero-order valence-electron chi connectivity index (χ0n) is 6.53. The number of hydrogen-bond acceptors (Lipinski definition) is 4. The monoisotopic (exact) mass is 176 g/mol. The van der Waals surface area contributed by atoms with Crippen molar-refractivity contribution in [3.8, 4) is 0 Å². The SMILES string of the molecule is NCCC[Si](O)(O)C1CC1N. The van der Waals surface area contributed by atoms with Crippen LogP contribution in [-0.2, 0) is 0 Å². The van der Waals surface area contributed by atoms with Crippen LogP contribution in [0.5, 0.6) is 0 Å². The molecular weight excluding hydrogens is 160 g/mol. The molecule has 1 fully saturated rings. The van der Waals surface area contributed by atoms with E-state index >= 15 is 0 Å². The summed E-state index contributed by atoms with van der Waals surface area (Å²) in [6, 6.07) is 0.511. The first-order valence-corrected chi connectivity index (χ1v) is 6.16. The highest BCUT2D eigenvalue weighted by molar-refractivity contribution is 6.67. The average Bonchev–Trinajstić information content (AvgIpc) is 2.63. The molecular formula is C6H16N2O2Si. The third-order valence-electron chi connectivity index (χ3n) is 2.18. The summed E-state index contributed by atoms with van der Waals surface area (Å²) in [4.78, 5) is 19.0. The molecule has 0 bridgehead atoms. The molecule has 0 spiro atoms. The Hall–Kier alpha value is 0.0569. The largest absolute Gasteiger partial charge is 0.410 e. The third kappa shape index (κ3) is 2.24. The summed E-state index contributed by atoms with van der Waals surface area (Å²) in [5, 5.41) is 0. The van der Waals surface area contributed by atoms with Gasteiger partial charge in [-0.1, -0.05) is 0 Å². The van der Waals surface area contributed by atoms with Gasteiger partial charge in [0, 0.05) is 11.6 Å². The fourth-order valence-electron chi connectivity index (χ4n) is 1.29. The number of rotatable bonds is 4. The Bertz CT molecular complexity index is 143. The summed E-state index contributed by atoms with van der Waals surface area (Å²) in [5.41, 5.74) is 10.8. The molecule has 0 aromatic rings. The normalized spacial score (nSPS) is 30.5. The van der Waals surface area contributed by atoms with Gasteiger partial charge in [0.2, 0.25) is 0 Å². The Balaban J connectivity index is 2.28. The summed E-state index contributed by atoms with van der Waals surface area (Å²) >= 11 is 0. The lowest BCUT2D eigenvalue weighted by Crippen LogP contribution is -2.37. The van der Waals surface area contributed by atoms with E-state index in [4.69, 9.17) is 11.5 Å². The van der Waals surface area contributed by atoms with Crippen molar-refractivity contribution < 1.29 is 9.59 Å². The molecule has 0 aromatic heterocycles. The van der Waals surface area contributed by atoms with Gasteiger partial charge in [0.15, 0.2) is 0 Å². The second-order valence-electron chi connectivity index (χ2n) is 3.28. The Morgan fingerprint density at radius 1 is 1.45 bits per heavy atom. The van der Waals surface area contributed by atoms with Crippen molar-refractivity contribution in [1.29, 1.82) is 0 Å². The van der Waals surface area contributed by atoms with E-state index in [-0.39, 0.29) is 11.6 Å². The predicted molar refractivity (Wildman–Crippen MR) is 45.0 cm³/mol. The Morgan fingerprint density at radius 2 is 2.00 bits per heavy atom. The molecule has 0 saturated heterocycles. The minimum atomic E-state index is -2.96. The van der Waals surface area contributed by atoms with Gasteiger partial charge in [0.05, 0.1) is 0 Å². The standard InChI is InChI=1S/C6H16N2O2Si/c7-2-1-3-11(9,10)6-4-5(6)8/h5-6,9-10H,1-4,7-8H2. The second kappa shape index (κ2) is 3.20. The Kier molecular flexibility index (Phi) is 2.66. The molecule has 1 aliphatic rings. The van der Waals surface area contributed by atoms with Gasteiger partial charge in [-0.15, -0.1) is 0 Å². The first-order valence-electron chi connectivity index (χ1n) is 3.98. The van der Waals surface area contributed by atoms with Gasteiger partial charge in [-0.05, 0) is 25.4 Å². The molecule has 2 atom stereocenters. The molecule has 2 unspecified atom stereocenters. The van der Waals surface area contributed by atoms with Crippen LogP contribution in [0.4, 0.5) is 0 Å². The molecule has 0 aromatic carbocycles.